The molecule has 0 aliphatic carbocycles. The number of carbonyl (C=O) groups is 2. The van der Waals surface area contributed by atoms with Crippen LogP contribution in [0.1, 0.15) is 32.7 Å². The van der Waals surface area contributed by atoms with Crippen LogP contribution in [-0.4, -0.2) is 49.7 Å². The third kappa shape index (κ3) is 4.38. The monoisotopic (exact) mass is 397 g/mol. The van der Waals surface area contributed by atoms with Crippen molar-refractivity contribution in [3.8, 4) is 6.07 Å². The summed E-state index contributed by atoms with van der Waals surface area (Å²) in [5.41, 5.74) is 1.51. The number of hydrogen-bond donors (Lipinski definition) is 1. The fourth-order valence-corrected chi connectivity index (χ4v) is 4.89. The van der Waals surface area contributed by atoms with Gasteiger partial charge >= 0.3 is 0 Å². The van der Waals surface area contributed by atoms with E-state index in [1.165, 1.54) is 11.0 Å². The highest BCUT2D eigenvalue weighted by atomic mass is 32.2. The van der Waals surface area contributed by atoms with Crippen LogP contribution in [0.25, 0.3) is 0 Å². The quantitative estimate of drug-likeness (QED) is 0.850. The molecule has 3 rings (SSSR count). The van der Waals surface area contributed by atoms with E-state index in [2.05, 4.69) is 5.32 Å². The summed E-state index contributed by atoms with van der Waals surface area (Å²) < 4.78 is 23.3. The summed E-state index contributed by atoms with van der Waals surface area (Å²) >= 11 is 0. The number of benzene rings is 2. The van der Waals surface area contributed by atoms with Gasteiger partial charge in [-0.25, -0.2) is 8.42 Å². The van der Waals surface area contributed by atoms with Gasteiger partial charge in [0.1, 0.15) is 0 Å². The van der Waals surface area contributed by atoms with E-state index in [1.807, 2.05) is 6.07 Å². The van der Waals surface area contributed by atoms with Crippen molar-refractivity contribution in [1.82, 2.24) is 4.90 Å². The Hall–Kier alpha value is -3.18. The first kappa shape index (κ1) is 19.6. The molecule has 28 heavy (non-hydrogen) atoms. The Morgan fingerprint density at radius 1 is 1.14 bits per heavy atom. The topological polar surface area (TPSA) is 107 Å². The lowest BCUT2D eigenvalue weighted by Gasteiger charge is -2.23. The lowest BCUT2D eigenvalue weighted by molar-refractivity contribution is 0.0747. The Kier molecular flexibility index (Phi) is 5.47. The highest BCUT2D eigenvalue weighted by Crippen LogP contribution is 2.19. The number of amides is 2. The van der Waals surface area contributed by atoms with Gasteiger partial charge in [0, 0.05) is 29.9 Å². The van der Waals surface area contributed by atoms with Crippen LogP contribution in [0.3, 0.4) is 0 Å². The van der Waals surface area contributed by atoms with E-state index >= 15 is 0 Å². The molecule has 0 aromatic heterocycles. The Balaban J connectivity index is 1.75. The summed E-state index contributed by atoms with van der Waals surface area (Å²) in [6.07, 6.45) is 0.417. The predicted octanol–water partition coefficient (Wildman–Crippen LogP) is 2.07. The van der Waals surface area contributed by atoms with Gasteiger partial charge in [0.25, 0.3) is 11.8 Å². The molecule has 2 amide bonds. The van der Waals surface area contributed by atoms with Gasteiger partial charge in [0.05, 0.1) is 23.1 Å². The zero-order valence-corrected chi connectivity index (χ0v) is 16.1. The molecule has 1 fully saturated rings. The predicted molar refractivity (Wildman–Crippen MR) is 105 cm³/mol. The molecule has 8 heteroatoms. The highest BCUT2D eigenvalue weighted by Gasteiger charge is 2.33. The van der Waals surface area contributed by atoms with Gasteiger partial charge < -0.3 is 10.2 Å². The molecular weight excluding hydrogens is 378 g/mol. The molecule has 0 spiro atoms. The Labute approximate surface area is 163 Å². The molecule has 7 nitrogen and oxygen atoms in total. The van der Waals surface area contributed by atoms with Crippen molar-refractivity contribution in [1.29, 1.82) is 5.26 Å². The molecule has 1 saturated heterocycles. The Bertz CT molecular complexity index is 1070. The summed E-state index contributed by atoms with van der Waals surface area (Å²) in [5, 5.41) is 11.6. The molecule has 0 saturated carbocycles. The number of anilines is 1. The van der Waals surface area contributed by atoms with Crippen LogP contribution < -0.4 is 5.32 Å². The fourth-order valence-electron chi connectivity index (χ4n) is 3.11. The van der Waals surface area contributed by atoms with E-state index in [0.29, 0.717) is 28.8 Å². The average molecular weight is 397 g/mol. The smallest absolute Gasteiger partial charge is 0.255 e. The molecule has 1 aliphatic rings. The molecule has 1 atom stereocenters. The lowest BCUT2D eigenvalue weighted by Crippen LogP contribution is -2.37. The van der Waals surface area contributed by atoms with Gasteiger partial charge in [0.2, 0.25) is 0 Å². The van der Waals surface area contributed by atoms with Crippen LogP contribution in [0.4, 0.5) is 5.69 Å². The third-order valence-electron chi connectivity index (χ3n) is 4.70. The number of nitrogens with one attached hydrogen (secondary N) is 1. The van der Waals surface area contributed by atoms with Gasteiger partial charge in [-0.05, 0) is 42.8 Å². The van der Waals surface area contributed by atoms with Crippen molar-refractivity contribution in [3.63, 3.8) is 0 Å². The van der Waals surface area contributed by atoms with Gasteiger partial charge in [0.15, 0.2) is 9.84 Å². The standard InChI is InChI=1S/C20H19N3O4S/c1-23(18-8-9-28(26,27)13-18)20(25)16-6-3-5-15(11-16)19(24)22-17-7-2-4-14(10-17)12-21/h2-7,10-11,18H,8-9,13H2,1H3,(H,22,24). The zero-order chi connectivity index (χ0) is 20.3. The van der Waals surface area contributed by atoms with E-state index in [0.717, 1.165) is 0 Å². The van der Waals surface area contributed by atoms with Crippen molar-refractivity contribution in [3.05, 3.63) is 65.2 Å². The second-order valence-corrected chi connectivity index (χ2v) is 8.93. The third-order valence-corrected chi connectivity index (χ3v) is 6.45. The Morgan fingerprint density at radius 2 is 1.86 bits per heavy atom. The van der Waals surface area contributed by atoms with Crippen molar-refractivity contribution < 1.29 is 18.0 Å². The molecule has 2 aromatic rings. The van der Waals surface area contributed by atoms with Crippen molar-refractivity contribution in [2.24, 2.45) is 0 Å². The maximum absolute atomic E-state index is 12.7. The van der Waals surface area contributed by atoms with Crippen LogP contribution in [0, 0.1) is 11.3 Å². The average Bonchev–Trinajstić information content (AvgIpc) is 3.06. The molecule has 2 aromatic carbocycles. The van der Waals surface area contributed by atoms with Crippen LogP contribution >= 0.6 is 0 Å². The number of sulfone groups is 1. The number of carbonyl (C=O) groups excluding carboxylic acids is 2. The minimum Gasteiger partial charge on any atom is -0.338 e. The minimum absolute atomic E-state index is 0.0371. The molecule has 0 bridgehead atoms. The molecular formula is C20H19N3O4S. The molecule has 1 aliphatic heterocycles. The number of nitriles is 1. The Morgan fingerprint density at radius 3 is 2.54 bits per heavy atom. The number of rotatable bonds is 4. The largest absolute Gasteiger partial charge is 0.338 e. The van der Waals surface area contributed by atoms with Crippen LogP contribution in [-0.2, 0) is 9.84 Å². The van der Waals surface area contributed by atoms with E-state index in [1.54, 1.807) is 49.5 Å². The van der Waals surface area contributed by atoms with E-state index in [-0.39, 0.29) is 23.5 Å². The normalized spacial score (nSPS) is 17.5. The molecule has 0 radical (unpaired) electrons. The summed E-state index contributed by atoms with van der Waals surface area (Å²) in [7, 11) is -1.52. The molecule has 1 unspecified atom stereocenters. The van der Waals surface area contributed by atoms with Crippen molar-refractivity contribution in [2.45, 2.75) is 12.5 Å². The first-order valence-electron chi connectivity index (χ1n) is 8.68. The molecule has 1 heterocycles. The van der Waals surface area contributed by atoms with E-state index in [4.69, 9.17) is 5.26 Å². The first-order valence-corrected chi connectivity index (χ1v) is 10.5. The van der Waals surface area contributed by atoms with Gasteiger partial charge in [-0.3, -0.25) is 9.59 Å². The van der Waals surface area contributed by atoms with E-state index in [9.17, 15) is 18.0 Å². The van der Waals surface area contributed by atoms with Crippen molar-refractivity contribution >= 4 is 27.3 Å². The summed E-state index contributed by atoms with van der Waals surface area (Å²) in [5.74, 6) is -0.691. The maximum atomic E-state index is 12.7. The minimum atomic E-state index is -3.10. The summed E-state index contributed by atoms with van der Waals surface area (Å²) in [6.45, 7) is 0. The summed E-state index contributed by atoms with van der Waals surface area (Å²) in [4.78, 5) is 26.7. The van der Waals surface area contributed by atoms with Gasteiger partial charge in [-0.15, -0.1) is 0 Å². The summed E-state index contributed by atoms with van der Waals surface area (Å²) in [6, 6.07) is 14.4. The van der Waals surface area contributed by atoms with Crippen LogP contribution in [0.5, 0.6) is 0 Å². The van der Waals surface area contributed by atoms with Gasteiger partial charge in [-0.2, -0.15) is 5.26 Å². The zero-order valence-electron chi connectivity index (χ0n) is 15.3. The van der Waals surface area contributed by atoms with Crippen molar-refractivity contribution in [2.75, 3.05) is 23.9 Å². The number of hydrogen-bond acceptors (Lipinski definition) is 5. The van der Waals surface area contributed by atoms with E-state index < -0.39 is 15.7 Å². The van der Waals surface area contributed by atoms with Crippen LogP contribution in [0.2, 0.25) is 0 Å². The first-order chi connectivity index (χ1) is 13.3. The highest BCUT2D eigenvalue weighted by molar-refractivity contribution is 7.91. The number of nitrogens with zero attached hydrogens (tertiary/aromatic N) is 2. The van der Waals surface area contributed by atoms with Crippen LogP contribution in [0.15, 0.2) is 48.5 Å². The van der Waals surface area contributed by atoms with Gasteiger partial charge in [-0.1, -0.05) is 12.1 Å². The fraction of sp³-hybridized carbons (Fsp3) is 0.250. The SMILES string of the molecule is CN(C(=O)c1cccc(C(=O)Nc2cccc(C#N)c2)c1)C1CCS(=O)(=O)C1. The maximum Gasteiger partial charge on any atom is 0.255 e. The second-order valence-electron chi connectivity index (χ2n) is 6.70. The molecule has 1 N–H and O–H groups in total. The second kappa shape index (κ2) is 7.82. The lowest BCUT2D eigenvalue weighted by atomic mass is 10.1. The molecule has 144 valence electrons.